The second-order valence-corrected chi connectivity index (χ2v) is 7.11. The lowest BCUT2D eigenvalue weighted by atomic mass is 10.2. The van der Waals surface area contributed by atoms with Gasteiger partial charge in [-0.05, 0) is 35.9 Å². The molecule has 0 aliphatic rings. The summed E-state index contributed by atoms with van der Waals surface area (Å²) in [6, 6.07) is 17.1. The molecule has 2 aromatic carbocycles. The monoisotopic (exact) mass is 314 g/mol. The molecule has 0 fully saturated rings. The van der Waals surface area contributed by atoms with Crippen molar-refractivity contribution in [3.63, 3.8) is 0 Å². The average molecular weight is 314 g/mol. The predicted octanol–water partition coefficient (Wildman–Crippen LogP) is 5.06. The van der Waals surface area contributed by atoms with Gasteiger partial charge < -0.3 is 5.32 Å². The van der Waals surface area contributed by atoms with Crippen molar-refractivity contribution in [1.82, 2.24) is 4.98 Å². The van der Waals surface area contributed by atoms with E-state index in [0.717, 1.165) is 29.4 Å². The van der Waals surface area contributed by atoms with Crippen molar-refractivity contribution in [3.05, 3.63) is 54.1 Å². The van der Waals surface area contributed by atoms with E-state index in [1.165, 1.54) is 15.2 Å². The van der Waals surface area contributed by atoms with Gasteiger partial charge in [-0.15, -0.1) is 11.8 Å². The molecule has 0 bridgehead atoms. The lowest BCUT2D eigenvalue weighted by Crippen LogP contribution is -2.04. The van der Waals surface area contributed by atoms with Crippen LogP contribution in [0.1, 0.15) is 12.5 Å². The summed E-state index contributed by atoms with van der Waals surface area (Å²) in [6.07, 6.45) is 1.02. The fourth-order valence-corrected chi connectivity index (χ4v) is 3.90. The van der Waals surface area contributed by atoms with Crippen LogP contribution in [-0.4, -0.2) is 17.3 Å². The minimum absolute atomic E-state index is 0.917. The van der Waals surface area contributed by atoms with Crippen LogP contribution < -0.4 is 5.32 Å². The summed E-state index contributed by atoms with van der Waals surface area (Å²) in [4.78, 5) is 5.97. The fourth-order valence-electron chi connectivity index (χ4n) is 2.20. The summed E-state index contributed by atoms with van der Waals surface area (Å²) >= 11 is 3.61. The largest absolute Gasteiger partial charge is 0.361 e. The molecule has 3 aromatic rings. The van der Waals surface area contributed by atoms with Gasteiger partial charge in [0.05, 0.1) is 10.2 Å². The van der Waals surface area contributed by atoms with E-state index in [2.05, 4.69) is 65.8 Å². The molecule has 0 spiro atoms. The normalized spacial score (nSPS) is 10.9. The van der Waals surface area contributed by atoms with Crippen molar-refractivity contribution in [2.24, 2.45) is 0 Å². The molecule has 0 amide bonds. The van der Waals surface area contributed by atoms with Crippen LogP contribution in [-0.2, 0) is 6.42 Å². The molecule has 0 aliphatic carbocycles. The highest BCUT2D eigenvalue weighted by molar-refractivity contribution is 7.99. The molecule has 1 aromatic heterocycles. The highest BCUT2D eigenvalue weighted by Gasteiger charge is 2.04. The minimum Gasteiger partial charge on any atom is -0.361 e. The number of fused-ring (bicyclic) bond motifs is 1. The first-order chi connectivity index (χ1) is 10.3. The Bertz CT molecular complexity index is 707. The van der Waals surface area contributed by atoms with Gasteiger partial charge in [-0.2, -0.15) is 0 Å². The Morgan fingerprint density at radius 3 is 2.81 bits per heavy atom. The summed E-state index contributed by atoms with van der Waals surface area (Å²) in [5.74, 6) is 1.10. The number of nitrogens with zero attached hydrogens (tertiary/aromatic N) is 1. The number of thioether (sulfide) groups is 1. The third kappa shape index (κ3) is 3.77. The van der Waals surface area contributed by atoms with E-state index in [0.29, 0.717) is 0 Å². The van der Waals surface area contributed by atoms with Gasteiger partial charge in [0, 0.05) is 11.4 Å². The van der Waals surface area contributed by atoms with Crippen LogP contribution in [0.5, 0.6) is 0 Å². The van der Waals surface area contributed by atoms with Crippen LogP contribution in [0.2, 0.25) is 0 Å². The van der Waals surface area contributed by atoms with Gasteiger partial charge in [0.15, 0.2) is 5.13 Å². The number of hydrogen-bond acceptors (Lipinski definition) is 4. The van der Waals surface area contributed by atoms with Crippen LogP contribution in [0.25, 0.3) is 10.2 Å². The smallest absolute Gasteiger partial charge is 0.183 e. The fraction of sp³-hybridized carbons (Fsp3) is 0.235. The highest BCUT2D eigenvalue weighted by Crippen LogP contribution is 2.30. The maximum absolute atomic E-state index is 4.64. The summed E-state index contributed by atoms with van der Waals surface area (Å²) in [7, 11) is 0. The second kappa shape index (κ2) is 6.96. The summed E-state index contributed by atoms with van der Waals surface area (Å²) in [6.45, 7) is 3.10. The molecule has 4 heteroatoms. The van der Waals surface area contributed by atoms with Gasteiger partial charge in [0.25, 0.3) is 0 Å². The van der Waals surface area contributed by atoms with Crippen LogP contribution in [0.3, 0.4) is 0 Å². The van der Waals surface area contributed by atoms with Crippen LogP contribution in [0.15, 0.2) is 53.4 Å². The zero-order chi connectivity index (χ0) is 14.5. The second-order valence-electron chi connectivity index (χ2n) is 4.74. The molecule has 2 nitrogen and oxygen atoms in total. The number of nitrogens with one attached hydrogen (secondary N) is 1. The standard InChI is InChI=1S/C17H18N2S2/c1-2-20-14-8-9-15-16(12-14)21-17(19-15)18-11-10-13-6-4-3-5-7-13/h3-9,12H,2,10-11H2,1H3,(H,18,19). The first-order valence-corrected chi connectivity index (χ1v) is 8.96. The minimum atomic E-state index is 0.917. The van der Waals surface area contributed by atoms with E-state index in [-0.39, 0.29) is 0 Å². The lowest BCUT2D eigenvalue weighted by Gasteiger charge is -2.02. The van der Waals surface area contributed by atoms with Gasteiger partial charge in [-0.3, -0.25) is 0 Å². The van der Waals surface area contributed by atoms with Crippen molar-refractivity contribution < 1.29 is 0 Å². The van der Waals surface area contributed by atoms with Crippen LogP contribution in [0.4, 0.5) is 5.13 Å². The van der Waals surface area contributed by atoms with E-state index >= 15 is 0 Å². The van der Waals surface area contributed by atoms with Crippen molar-refractivity contribution >= 4 is 38.4 Å². The Morgan fingerprint density at radius 1 is 1.14 bits per heavy atom. The summed E-state index contributed by atoms with van der Waals surface area (Å²) in [5.41, 5.74) is 2.44. The van der Waals surface area contributed by atoms with Gasteiger partial charge in [0.2, 0.25) is 0 Å². The Balaban J connectivity index is 1.64. The molecule has 3 rings (SSSR count). The third-order valence-electron chi connectivity index (χ3n) is 3.20. The van der Waals surface area contributed by atoms with Crippen LogP contribution in [0, 0.1) is 0 Å². The summed E-state index contributed by atoms with van der Waals surface area (Å²) in [5, 5.41) is 4.45. The molecule has 1 N–H and O–H groups in total. The molecular weight excluding hydrogens is 296 g/mol. The number of thiazole rings is 1. The van der Waals surface area contributed by atoms with Gasteiger partial charge >= 0.3 is 0 Å². The number of benzene rings is 2. The number of anilines is 1. The van der Waals surface area contributed by atoms with E-state index in [1.54, 1.807) is 11.3 Å². The van der Waals surface area contributed by atoms with Gasteiger partial charge in [-0.1, -0.05) is 48.6 Å². The molecule has 0 aliphatic heterocycles. The molecule has 0 saturated carbocycles. The highest BCUT2D eigenvalue weighted by atomic mass is 32.2. The molecule has 108 valence electrons. The zero-order valence-corrected chi connectivity index (χ0v) is 13.6. The number of rotatable bonds is 6. The van der Waals surface area contributed by atoms with Crippen molar-refractivity contribution in [2.75, 3.05) is 17.6 Å². The van der Waals surface area contributed by atoms with E-state index in [4.69, 9.17) is 0 Å². The Hall–Kier alpha value is -1.52. The maximum atomic E-state index is 4.64. The average Bonchev–Trinajstić information content (AvgIpc) is 2.91. The van der Waals surface area contributed by atoms with Gasteiger partial charge in [-0.25, -0.2) is 4.98 Å². The van der Waals surface area contributed by atoms with E-state index < -0.39 is 0 Å². The molecule has 0 unspecified atom stereocenters. The van der Waals surface area contributed by atoms with Crippen molar-refractivity contribution in [2.45, 2.75) is 18.2 Å². The third-order valence-corrected chi connectivity index (χ3v) is 5.06. The lowest BCUT2D eigenvalue weighted by molar-refractivity contribution is 1.02. The first-order valence-electron chi connectivity index (χ1n) is 7.16. The Morgan fingerprint density at radius 2 is 2.00 bits per heavy atom. The van der Waals surface area contributed by atoms with E-state index in [1.807, 2.05) is 11.8 Å². The summed E-state index contributed by atoms with van der Waals surface area (Å²) < 4.78 is 1.26. The van der Waals surface area contributed by atoms with E-state index in [9.17, 15) is 0 Å². The van der Waals surface area contributed by atoms with Crippen molar-refractivity contribution in [1.29, 1.82) is 0 Å². The van der Waals surface area contributed by atoms with Crippen molar-refractivity contribution in [3.8, 4) is 0 Å². The molecule has 21 heavy (non-hydrogen) atoms. The zero-order valence-electron chi connectivity index (χ0n) is 12.0. The maximum Gasteiger partial charge on any atom is 0.183 e. The predicted molar refractivity (Wildman–Crippen MR) is 94.7 cm³/mol. The topological polar surface area (TPSA) is 24.9 Å². The SMILES string of the molecule is CCSc1ccc2nc(NCCc3ccccc3)sc2c1. The molecule has 0 radical (unpaired) electrons. The Kier molecular flexibility index (Phi) is 4.78. The van der Waals surface area contributed by atoms with Crippen LogP contribution >= 0.6 is 23.1 Å². The molecule has 0 saturated heterocycles. The molecule has 1 heterocycles. The quantitative estimate of drug-likeness (QED) is 0.644. The van der Waals surface area contributed by atoms with Gasteiger partial charge in [0.1, 0.15) is 0 Å². The number of hydrogen-bond donors (Lipinski definition) is 1. The molecular formula is C17H18N2S2. The Labute approximate surface area is 133 Å². The first kappa shape index (κ1) is 14.4. The molecule has 0 atom stereocenters. The number of aromatic nitrogens is 1.